The van der Waals surface area contributed by atoms with Crippen LogP contribution in [-0.4, -0.2) is 40.5 Å². The highest BCUT2D eigenvalue weighted by atomic mass is 35.5. The van der Waals surface area contributed by atoms with Gasteiger partial charge in [-0.2, -0.15) is 0 Å². The minimum absolute atomic E-state index is 0.0766. The lowest BCUT2D eigenvalue weighted by Gasteiger charge is -2.34. The highest BCUT2D eigenvalue weighted by Crippen LogP contribution is 2.17. The third-order valence-corrected chi connectivity index (χ3v) is 2.48. The fourth-order valence-electron chi connectivity index (χ4n) is 1.75. The molecule has 1 fully saturated rings. The summed E-state index contributed by atoms with van der Waals surface area (Å²) in [6.45, 7) is 4.84. The van der Waals surface area contributed by atoms with Crippen molar-refractivity contribution in [1.29, 1.82) is 0 Å². The van der Waals surface area contributed by atoms with Gasteiger partial charge >= 0.3 is 0 Å². The largest absolute Gasteiger partial charge is 0.391 e. The number of likely N-dealkylation sites (tertiary alicyclic amines) is 1. The van der Waals surface area contributed by atoms with E-state index in [1.807, 2.05) is 6.92 Å². The number of β-amino-alcohol motifs (C(OH)–C–C–N with tert-alkyl or cyclic N) is 1. The maximum atomic E-state index is 11.5. The molecule has 1 saturated heterocycles. The third kappa shape index (κ3) is 2.85. The van der Waals surface area contributed by atoms with E-state index in [1.54, 1.807) is 11.8 Å². The number of nitrogens with zero attached hydrogens (tertiary/aromatic N) is 1. The topological polar surface area (TPSA) is 40.5 Å². The number of rotatable bonds is 1. The number of halogens is 1. The minimum Gasteiger partial charge on any atom is -0.391 e. The zero-order chi connectivity index (χ0) is 10.0. The molecule has 0 saturated carbocycles. The van der Waals surface area contributed by atoms with Crippen LogP contribution in [0, 0.1) is 5.92 Å². The Kier molecular flexibility index (Phi) is 3.56. The van der Waals surface area contributed by atoms with E-state index in [9.17, 15) is 9.90 Å². The van der Waals surface area contributed by atoms with E-state index >= 15 is 0 Å². The second-order valence-electron chi connectivity index (χ2n) is 3.85. The van der Waals surface area contributed by atoms with Crippen molar-refractivity contribution in [3.05, 3.63) is 0 Å². The Morgan fingerprint density at radius 2 is 2.23 bits per heavy atom. The van der Waals surface area contributed by atoms with E-state index in [0.29, 0.717) is 19.0 Å². The standard InChI is InChI=1S/C9H16ClNO2/c1-6-3-8(12)5-11(4-6)9(13)7(2)10/h6-8,12H,3-5H2,1-2H3/t6-,7?,8+/m0/s1. The van der Waals surface area contributed by atoms with E-state index in [2.05, 4.69) is 0 Å². The van der Waals surface area contributed by atoms with Crippen LogP contribution < -0.4 is 0 Å². The van der Waals surface area contributed by atoms with Crippen molar-refractivity contribution in [2.24, 2.45) is 5.92 Å². The molecule has 0 aliphatic carbocycles. The first-order valence-electron chi connectivity index (χ1n) is 4.61. The highest BCUT2D eigenvalue weighted by molar-refractivity contribution is 6.30. The summed E-state index contributed by atoms with van der Waals surface area (Å²) < 4.78 is 0. The monoisotopic (exact) mass is 205 g/mol. The number of hydrogen-bond acceptors (Lipinski definition) is 2. The van der Waals surface area contributed by atoms with Crippen LogP contribution in [0.3, 0.4) is 0 Å². The molecule has 3 nitrogen and oxygen atoms in total. The van der Waals surface area contributed by atoms with Crippen molar-refractivity contribution in [3.63, 3.8) is 0 Å². The minimum atomic E-state index is -0.488. The molecule has 1 aliphatic heterocycles. The lowest BCUT2D eigenvalue weighted by molar-refractivity contribution is -0.134. The zero-order valence-electron chi connectivity index (χ0n) is 8.03. The van der Waals surface area contributed by atoms with Gasteiger partial charge in [0.15, 0.2) is 0 Å². The first-order chi connectivity index (χ1) is 6.00. The van der Waals surface area contributed by atoms with Gasteiger partial charge in [0.1, 0.15) is 5.38 Å². The predicted molar refractivity (Wildman–Crippen MR) is 51.7 cm³/mol. The van der Waals surface area contributed by atoms with Crippen LogP contribution in [-0.2, 0) is 4.79 Å². The number of carbonyl (C=O) groups is 1. The molecule has 0 radical (unpaired) electrons. The Morgan fingerprint density at radius 3 is 2.69 bits per heavy atom. The molecule has 0 bridgehead atoms. The molecular formula is C9H16ClNO2. The highest BCUT2D eigenvalue weighted by Gasteiger charge is 2.28. The van der Waals surface area contributed by atoms with Crippen LogP contribution >= 0.6 is 11.6 Å². The van der Waals surface area contributed by atoms with E-state index in [1.165, 1.54) is 0 Å². The molecule has 1 N–H and O–H groups in total. The van der Waals surface area contributed by atoms with Gasteiger partial charge in [-0.1, -0.05) is 6.92 Å². The maximum Gasteiger partial charge on any atom is 0.240 e. The molecular weight excluding hydrogens is 190 g/mol. The fraction of sp³-hybridized carbons (Fsp3) is 0.889. The predicted octanol–water partition coefficient (Wildman–Crippen LogP) is 0.843. The van der Waals surface area contributed by atoms with Gasteiger partial charge in [-0.05, 0) is 19.3 Å². The Labute approximate surface area is 83.7 Å². The van der Waals surface area contributed by atoms with Gasteiger partial charge in [-0.25, -0.2) is 0 Å². The van der Waals surface area contributed by atoms with E-state index < -0.39 is 5.38 Å². The van der Waals surface area contributed by atoms with Gasteiger partial charge in [0.2, 0.25) is 5.91 Å². The third-order valence-electron chi connectivity index (χ3n) is 2.29. The number of aliphatic hydroxyl groups excluding tert-OH is 1. The van der Waals surface area contributed by atoms with Crippen LogP contribution in [0.15, 0.2) is 0 Å². The number of alkyl halides is 1. The van der Waals surface area contributed by atoms with Crippen LogP contribution in [0.4, 0.5) is 0 Å². The van der Waals surface area contributed by atoms with Crippen molar-refractivity contribution in [2.75, 3.05) is 13.1 Å². The van der Waals surface area contributed by atoms with Crippen molar-refractivity contribution >= 4 is 17.5 Å². The summed E-state index contributed by atoms with van der Waals surface area (Å²) in [5.41, 5.74) is 0. The maximum absolute atomic E-state index is 11.5. The lowest BCUT2D eigenvalue weighted by Crippen LogP contribution is -2.47. The smallest absolute Gasteiger partial charge is 0.240 e. The Balaban J connectivity index is 2.55. The Bertz CT molecular complexity index is 186. The molecule has 0 aromatic rings. The zero-order valence-corrected chi connectivity index (χ0v) is 8.79. The number of carbonyl (C=O) groups excluding carboxylic acids is 1. The molecule has 1 aliphatic rings. The molecule has 1 heterocycles. The SMILES string of the molecule is CC(Cl)C(=O)N1C[C@@H](C)C[C@@H](O)C1. The van der Waals surface area contributed by atoms with Gasteiger partial charge in [0, 0.05) is 13.1 Å². The number of piperidine rings is 1. The lowest BCUT2D eigenvalue weighted by atomic mass is 9.98. The van der Waals surface area contributed by atoms with E-state index in [0.717, 1.165) is 6.42 Å². The summed E-state index contributed by atoms with van der Waals surface area (Å²) in [5, 5.41) is 8.96. The van der Waals surface area contributed by atoms with Crippen LogP contribution in [0.2, 0.25) is 0 Å². The first kappa shape index (κ1) is 10.8. The average molecular weight is 206 g/mol. The summed E-state index contributed by atoms with van der Waals surface area (Å²) >= 11 is 5.68. The van der Waals surface area contributed by atoms with Gasteiger partial charge in [-0.15, -0.1) is 11.6 Å². The van der Waals surface area contributed by atoms with Gasteiger partial charge < -0.3 is 10.0 Å². The van der Waals surface area contributed by atoms with Crippen molar-refractivity contribution in [1.82, 2.24) is 4.90 Å². The fourth-order valence-corrected chi connectivity index (χ4v) is 1.89. The second kappa shape index (κ2) is 4.29. The van der Waals surface area contributed by atoms with Crippen molar-refractivity contribution in [3.8, 4) is 0 Å². The summed E-state index contributed by atoms with van der Waals surface area (Å²) in [5.74, 6) is 0.287. The molecule has 0 aromatic carbocycles. The van der Waals surface area contributed by atoms with Gasteiger partial charge in [0.05, 0.1) is 6.10 Å². The molecule has 13 heavy (non-hydrogen) atoms. The summed E-state index contributed by atoms with van der Waals surface area (Å²) in [6, 6.07) is 0. The molecule has 1 unspecified atom stereocenters. The molecule has 76 valence electrons. The van der Waals surface area contributed by atoms with Crippen molar-refractivity contribution in [2.45, 2.75) is 31.7 Å². The second-order valence-corrected chi connectivity index (χ2v) is 4.51. The normalized spacial score (nSPS) is 31.5. The molecule has 0 aromatic heterocycles. The molecule has 4 heteroatoms. The number of amides is 1. The van der Waals surface area contributed by atoms with Crippen LogP contribution in [0.25, 0.3) is 0 Å². The van der Waals surface area contributed by atoms with Crippen molar-refractivity contribution < 1.29 is 9.90 Å². The molecule has 0 spiro atoms. The van der Waals surface area contributed by atoms with Gasteiger partial charge in [0.25, 0.3) is 0 Å². The average Bonchev–Trinajstić information content (AvgIpc) is 2.01. The Morgan fingerprint density at radius 1 is 1.62 bits per heavy atom. The first-order valence-corrected chi connectivity index (χ1v) is 5.05. The molecule has 1 rings (SSSR count). The van der Waals surface area contributed by atoms with Crippen LogP contribution in [0.1, 0.15) is 20.3 Å². The summed E-state index contributed by atoms with van der Waals surface area (Å²) in [7, 11) is 0. The summed E-state index contributed by atoms with van der Waals surface area (Å²) in [6.07, 6.45) is 0.392. The number of aliphatic hydroxyl groups is 1. The summed E-state index contributed by atoms with van der Waals surface area (Å²) in [4.78, 5) is 13.1. The van der Waals surface area contributed by atoms with Crippen LogP contribution in [0.5, 0.6) is 0 Å². The van der Waals surface area contributed by atoms with E-state index in [-0.39, 0.29) is 12.0 Å². The Hall–Kier alpha value is -0.280. The quantitative estimate of drug-likeness (QED) is 0.645. The van der Waals surface area contributed by atoms with E-state index in [4.69, 9.17) is 11.6 Å². The van der Waals surface area contributed by atoms with Gasteiger partial charge in [-0.3, -0.25) is 4.79 Å². The molecule has 1 amide bonds. The molecule has 3 atom stereocenters. The number of hydrogen-bond donors (Lipinski definition) is 1.